The monoisotopic (exact) mass is 219 g/mol. The van der Waals surface area contributed by atoms with E-state index >= 15 is 0 Å². The SMILES string of the molecule is CCN(Cc1cccs1)C(=O)C(F)F. The third-order valence-electron chi connectivity index (χ3n) is 1.81. The number of carbonyl (C=O) groups is 1. The normalized spacial score (nSPS) is 10.6. The van der Waals surface area contributed by atoms with Crippen molar-refractivity contribution in [3.63, 3.8) is 0 Å². The number of carbonyl (C=O) groups excluding carboxylic acids is 1. The van der Waals surface area contributed by atoms with E-state index in [1.165, 1.54) is 11.3 Å². The Hall–Kier alpha value is -0.970. The Labute approximate surface area is 85.1 Å². The second-order valence-corrected chi connectivity index (χ2v) is 3.76. The topological polar surface area (TPSA) is 20.3 Å². The third kappa shape index (κ3) is 2.77. The number of nitrogens with zero attached hydrogens (tertiary/aromatic N) is 1. The Morgan fingerprint density at radius 1 is 1.64 bits per heavy atom. The Morgan fingerprint density at radius 3 is 2.79 bits per heavy atom. The van der Waals surface area contributed by atoms with Gasteiger partial charge in [-0.3, -0.25) is 4.79 Å². The highest BCUT2D eigenvalue weighted by molar-refractivity contribution is 7.09. The molecule has 1 rings (SSSR count). The molecule has 0 spiro atoms. The van der Waals surface area contributed by atoms with Crippen molar-refractivity contribution in [1.29, 1.82) is 0 Å². The largest absolute Gasteiger partial charge is 0.333 e. The van der Waals surface area contributed by atoms with Crippen molar-refractivity contribution in [2.45, 2.75) is 19.9 Å². The highest BCUT2D eigenvalue weighted by Crippen LogP contribution is 2.13. The first-order valence-corrected chi connectivity index (χ1v) is 5.12. The molecule has 0 radical (unpaired) electrons. The molecule has 0 bridgehead atoms. The van der Waals surface area contributed by atoms with Crippen LogP contribution < -0.4 is 0 Å². The van der Waals surface area contributed by atoms with Crippen LogP contribution >= 0.6 is 11.3 Å². The first-order valence-electron chi connectivity index (χ1n) is 4.24. The quantitative estimate of drug-likeness (QED) is 0.761. The van der Waals surface area contributed by atoms with Gasteiger partial charge in [0.1, 0.15) is 0 Å². The molecular formula is C9H11F2NOS. The molecule has 1 aromatic rings. The summed E-state index contributed by atoms with van der Waals surface area (Å²) < 4.78 is 24.2. The maximum Gasteiger partial charge on any atom is 0.315 e. The standard InChI is InChI=1S/C9H11F2NOS/c1-2-12(9(13)8(10)11)6-7-4-3-5-14-7/h3-5,8H,2,6H2,1H3. The van der Waals surface area contributed by atoms with Gasteiger partial charge in [-0.25, -0.2) is 0 Å². The van der Waals surface area contributed by atoms with Crippen LogP contribution in [-0.4, -0.2) is 23.8 Å². The maximum absolute atomic E-state index is 12.1. The molecular weight excluding hydrogens is 208 g/mol. The fourth-order valence-corrected chi connectivity index (χ4v) is 1.79. The third-order valence-corrected chi connectivity index (χ3v) is 2.67. The van der Waals surface area contributed by atoms with Crippen LogP contribution in [0.5, 0.6) is 0 Å². The summed E-state index contributed by atoms with van der Waals surface area (Å²) in [6.45, 7) is 2.27. The smallest absolute Gasteiger partial charge is 0.315 e. The van der Waals surface area contributed by atoms with E-state index in [1.54, 1.807) is 6.92 Å². The molecule has 0 saturated carbocycles. The summed E-state index contributed by atoms with van der Waals surface area (Å²) in [5, 5.41) is 1.86. The zero-order valence-electron chi connectivity index (χ0n) is 7.74. The molecule has 0 unspecified atom stereocenters. The first kappa shape index (κ1) is 11.1. The number of hydrogen-bond donors (Lipinski definition) is 0. The lowest BCUT2D eigenvalue weighted by atomic mass is 10.4. The van der Waals surface area contributed by atoms with Crippen LogP contribution in [0.25, 0.3) is 0 Å². The second-order valence-electron chi connectivity index (χ2n) is 2.73. The Morgan fingerprint density at radius 2 is 2.36 bits per heavy atom. The van der Waals surface area contributed by atoms with Gasteiger partial charge in [-0.2, -0.15) is 8.78 Å². The molecule has 1 heterocycles. The van der Waals surface area contributed by atoms with Crippen molar-refractivity contribution >= 4 is 17.2 Å². The Balaban J connectivity index is 2.60. The maximum atomic E-state index is 12.1. The molecule has 2 nitrogen and oxygen atoms in total. The molecule has 0 saturated heterocycles. The molecule has 78 valence electrons. The minimum atomic E-state index is -2.91. The zero-order valence-corrected chi connectivity index (χ0v) is 8.56. The van der Waals surface area contributed by atoms with E-state index in [1.807, 2.05) is 17.5 Å². The van der Waals surface area contributed by atoms with Crippen LogP contribution in [0.3, 0.4) is 0 Å². The molecule has 1 amide bonds. The molecule has 0 aliphatic rings. The number of rotatable bonds is 4. The molecule has 1 aromatic heterocycles. The van der Waals surface area contributed by atoms with Crippen molar-refractivity contribution in [1.82, 2.24) is 4.90 Å². The van der Waals surface area contributed by atoms with E-state index in [0.717, 1.165) is 9.78 Å². The van der Waals surface area contributed by atoms with E-state index in [2.05, 4.69) is 0 Å². The molecule has 0 aromatic carbocycles. The van der Waals surface area contributed by atoms with Crippen molar-refractivity contribution in [2.75, 3.05) is 6.54 Å². The van der Waals surface area contributed by atoms with Crippen LogP contribution in [0.4, 0.5) is 8.78 Å². The van der Waals surface area contributed by atoms with Gasteiger partial charge >= 0.3 is 6.43 Å². The number of amides is 1. The molecule has 5 heteroatoms. The summed E-state index contributed by atoms with van der Waals surface area (Å²) >= 11 is 1.46. The Bertz CT molecular complexity index is 287. The van der Waals surface area contributed by atoms with Gasteiger partial charge in [0.05, 0.1) is 6.54 Å². The van der Waals surface area contributed by atoms with Crippen LogP contribution in [0.2, 0.25) is 0 Å². The van der Waals surface area contributed by atoms with Crippen molar-refractivity contribution in [2.24, 2.45) is 0 Å². The summed E-state index contributed by atoms with van der Waals surface area (Å²) in [5.41, 5.74) is 0. The van der Waals surface area contributed by atoms with Crippen LogP contribution in [-0.2, 0) is 11.3 Å². The van der Waals surface area contributed by atoms with Gasteiger partial charge < -0.3 is 4.90 Å². The summed E-state index contributed by atoms with van der Waals surface area (Å²) in [6, 6.07) is 3.66. The van der Waals surface area contributed by atoms with Gasteiger partial charge in [0, 0.05) is 11.4 Å². The van der Waals surface area contributed by atoms with Crippen LogP contribution in [0.15, 0.2) is 17.5 Å². The number of thiophene rings is 1. The van der Waals surface area contributed by atoms with Gasteiger partial charge in [-0.1, -0.05) is 6.07 Å². The predicted molar refractivity (Wildman–Crippen MR) is 51.4 cm³/mol. The minimum absolute atomic E-state index is 0.275. The van der Waals surface area contributed by atoms with Gasteiger partial charge in [0.25, 0.3) is 5.91 Å². The lowest BCUT2D eigenvalue weighted by Gasteiger charge is -2.19. The van der Waals surface area contributed by atoms with E-state index in [-0.39, 0.29) is 6.54 Å². The average Bonchev–Trinajstić information content (AvgIpc) is 2.65. The van der Waals surface area contributed by atoms with Crippen LogP contribution in [0, 0.1) is 0 Å². The first-order chi connectivity index (χ1) is 6.65. The second kappa shape index (κ2) is 5.05. The van der Waals surface area contributed by atoms with Crippen molar-refractivity contribution in [3.05, 3.63) is 22.4 Å². The van der Waals surface area contributed by atoms with E-state index < -0.39 is 12.3 Å². The zero-order chi connectivity index (χ0) is 10.6. The molecule has 0 fully saturated rings. The number of halogens is 2. The molecule has 0 N–H and O–H groups in total. The van der Waals surface area contributed by atoms with Gasteiger partial charge in [0.15, 0.2) is 0 Å². The molecule has 14 heavy (non-hydrogen) atoms. The highest BCUT2D eigenvalue weighted by Gasteiger charge is 2.22. The van der Waals surface area contributed by atoms with Crippen LogP contribution in [0.1, 0.15) is 11.8 Å². The van der Waals surface area contributed by atoms with E-state index in [4.69, 9.17) is 0 Å². The molecule has 0 aliphatic carbocycles. The molecule has 0 aliphatic heterocycles. The van der Waals surface area contributed by atoms with Gasteiger partial charge in [-0.15, -0.1) is 11.3 Å². The summed E-state index contributed by atoms with van der Waals surface area (Å²) in [6.07, 6.45) is -2.91. The minimum Gasteiger partial charge on any atom is -0.333 e. The lowest BCUT2D eigenvalue weighted by molar-refractivity contribution is -0.143. The van der Waals surface area contributed by atoms with E-state index in [0.29, 0.717) is 6.54 Å². The van der Waals surface area contributed by atoms with Crippen molar-refractivity contribution < 1.29 is 13.6 Å². The Kier molecular flexibility index (Phi) is 4.00. The molecule has 0 atom stereocenters. The van der Waals surface area contributed by atoms with E-state index in [9.17, 15) is 13.6 Å². The summed E-state index contributed by atoms with van der Waals surface area (Å²) in [7, 11) is 0. The van der Waals surface area contributed by atoms with Crippen molar-refractivity contribution in [3.8, 4) is 0 Å². The fourth-order valence-electron chi connectivity index (χ4n) is 1.07. The summed E-state index contributed by atoms with van der Waals surface area (Å²) in [4.78, 5) is 13.0. The number of alkyl halides is 2. The van der Waals surface area contributed by atoms with Gasteiger partial charge in [-0.05, 0) is 18.4 Å². The summed E-state index contributed by atoms with van der Waals surface area (Å²) in [5.74, 6) is -1.10. The highest BCUT2D eigenvalue weighted by atomic mass is 32.1. The number of hydrogen-bond acceptors (Lipinski definition) is 2. The average molecular weight is 219 g/mol. The fraction of sp³-hybridized carbons (Fsp3) is 0.444. The van der Waals surface area contributed by atoms with Gasteiger partial charge in [0.2, 0.25) is 0 Å². The predicted octanol–water partition coefficient (Wildman–Crippen LogP) is 2.36. The lowest BCUT2D eigenvalue weighted by Crippen LogP contribution is -2.34.